The number of ether oxygens (including phenoxy) is 2. The van der Waals surface area contributed by atoms with Crippen molar-refractivity contribution in [2.75, 3.05) is 18.5 Å². The molecule has 122 valence electrons. The number of hydrogen-bond donors (Lipinski definition) is 2. The Kier molecular flexibility index (Phi) is 4.15. The normalized spacial score (nSPS) is 12.6. The van der Waals surface area contributed by atoms with Crippen LogP contribution in [0.2, 0.25) is 0 Å². The maximum Gasteiger partial charge on any atom is 0.338 e. The molecule has 2 aromatic carbocycles. The molecule has 0 aromatic heterocycles. The molecule has 0 bridgehead atoms. The van der Waals surface area contributed by atoms with E-state index in [2.05, 4.69) is 5.32 Å². The predicted molar refractivity (Wildman–Crippen MR) is 83.3 cm³/mol. The van der Waals surface area contributed by atoms with Gasteiger partial charge in [-0.3, -0.25) is 9.59 Å². The number of amides is 1. The van der Waals surface area contributed by atoms with Crippen molar-refractivity contribution in [3.8, 4) is 11.5 Å². The fraction of sp³-hybridized carbons (Fsp3) is 0.118. The molecule has 0 radical (unpaired) electrons. The van der Waals surface area contributed by atoms with Crippen LogP contribution in [0.15, 0.2) is 42.5 Å². The largest absolute Gasteiger partial charge is 0.508 e. The fourth-order valence-corrected chi connectivity index (χ4v) is 2.15. The van der Waals surface area contributed by atoms with Crippen LogP contribution in [0.5, 0.6) is 11.5 Å². The molecule has 0 saturated heterocycles. The Bertz CT molecular complexity index is 812. The lowest BCUT2D eigenvalue weighted by molar-refractivity contribution is -0.118. The van der Waals surface area contributed by atoms with Crippen LogP contribution >= 0.6 is 0 Å². The molecule has 2 aromatic rings. The lowest BCUT2D eigenvalue weighted by atomic mass is 10.1. The molecule has 1 aliphatic heterocycles. The number of aromatic hydroxyl groups is 1. The second-order valence-corrected chi connectivity index (χ2v) is 5.09. The molecule has 3 rings (SSSR count). The van der Waals surface area contributed by atoms with E-state index in [4.69, 9.17) is 9.47 Å². The van der Waals surface area contributed by atoms with Crippen molar-refractivity contribution in [1.82, 2.24) is 0 Å². The monoisotopic (exact) mass is 327 g/mol. The molecule has 1 amide bonds. The van der Waals surface area contributed by atoms with Gasteiger partial charge in [-0.05, 0) is 42.5 Å². The van der Waals surface area contributed by atoms with Gasteiger partial charge in [0, 0.05) is 5.56 Å². The molecule has 1 aliphatic rings. The molecule has 0 unspecified atom stereocenters. The molecular formula is C17H13NO6. The summed E-state index contributed by atoms with van der Waals surface area (Å²) in [5, 5.41) is 11.8. The number of hydrogen-bond acceptors (Lipinski definition) is 6. The van der Waals surface area contributed by atoms with Crippen molar-refractivity contribution in [1.29, 1.82) is 0 Å². The Morgan fingerprint density at radius 3 is 2.58 bits per heavy atom. The SMILES string of the molecule is O=C1COc2ccc(C(=O)COC(=O)c3ccc(O)cc3)cc2N1. The maximum atomic E-state index is 12.1. The van der Waals surface area contributed by atoms with Gasteiger partial charge in [-0.1, -0.05) is 0 Å². The van der Waals surface area contributed by atoms with Crippen molar-refractivity contribution in [2.45, 2.75) is 0 Å². The quantitative estimate of drug-likeness (QED) is 0.655. The van der Waals surface area contributed by atoms with Gasteiger partial charge in [0.25, 0.3) is 5.91 Å². The summed E-state index contributed by atoms with van der Waals surface area (Å²) in [6.45, 7) is -0.502. The first kappa shape index (κ1) is 15.5. The van der Waals surface area contributed by atoms with Crippen LogP contribution in [0.25, 0.3) is 0 Å². The first-order valence-electron chi connectivity index (χ1n) is 7.09. The van der Waals surface area contributed by atoms with Gasteiger partial charge in [-0.15, -0.1) is 0 Å². The number of phenols is 1. The highest BCUT2D eigenvalue weighted by atomic mass is 16.5. The molecule has 0 saturated carbocycles. The van der Waals surface area contributed by atoms with Crippen molar-refractivity contribution < 1.29 is 29.0 Å². The minimum absolute atomic E-state index is 0.0287. The molecule has 1 heterocycles. The number of phenolic OH excluding ortho intramolecular Hbond substituents is 1. The molecule has 0 atom stereocenters. The molecule has 24 heavy (non-hydrogen) atoms. The molecule has 0 spiro atoms. The summed E-state index contributed by atoms with van der Waals surface area (Å²) in [6.07, 6.45) is 0. The Hall–Kier alpha value is -3.35. The summed E-state index contributed by atoms with van der Waals surface area (Å²) in [6, 6.07) is 10.1. The van der Waals surface area contributed by atoms with Gasteiger partial charge in [0.05, 0.1) is 11.3 Å². The fourth-order valence-electron chi connectivity index (χ4n) is 2.15. The maximum absolute atomic E-state index is 12.1. The molecule has 0 fully saturated rings. The average Bonchev–Trinajstić information content (AvgIpc) is 2.59. The van der Waals surface area contributed by atoms with Crippen molar-refractivity contribution in [3.05, 3.63) is 53.6 Å². The Balaban J connectivity index is 1.65. The standard InChI is InChI=1S/C17H13NO6/c19-12-4-1-10(2-5-12)17(22)24-8-14(20)11-3-6-15-13(7-11)18-16(21)9-23-15/h1-7,19H,8-9H2,(H,18,21). The number of rotatable bonds is 4. The first-order chi connectivity index (χ1) is 11.5. The van der Waals surface area contributed by atoms with Gasteiger partial charge in [0.1, 0.15) is 11.5 Å². The summed E-state index contributed by atoms with van der Waals surface area (Å²) < 4.78 is 10.2. The van der Waals surface area contributed by atoms with Crippen molar-refractivity contribution in [3.63, 3.8) is 0 Å². The van der Waals surface area contributed by atoms with Gasteiger partial charge in [-0.2, -0.15) is 0 Å². The number of anilines is 1. The third-order valence-electron chi connectivity index (χ3n) is 3.37. The van der Waals surface area contributed by atoms with Gasteiger partial charge in [0.15, 0.2) is 19.0 Å². The average molecular weight is 327 g/mol. The second kappa shape index (κ2) is 6.41. The topological polar surface area (TPSA) is 102 Å². The molecular weight excluding hydrogens is 314 g/mol. The van der Waals surface area contributed by atoms with E-state index in [0.717, 1.165) is 0 Å². The van der Waals surface area contributed by atoms with E-state index in [-0.39, 0.29) is 29.4 Å². The van der Waals surface area contributed by atoms with Gasteiger partial charge in [0.2, 0.25) is 0 Å². The van der Waals surface area contributed by atoms with Crippen molar-refractivity contribution >= 4 is 23.3 Å². The van der Waals surface area contributed by atoms with Crippen LogP contribution in [0.1, 0.15) is 20.7 Å². The number of esters is 1. The van der Waals surface area contributed by atoms with Crippen LogP contribution in [0, 0.1) is 0 Å². The van der Waals surface area contributed by atoms with E-state index < -0.39 is 18.4 Å². The highest BCUT2D eigenvalue weighted by Gasteiger charge is 2.18. The Labute approximate surface area is 136 Å². The van der Waals surface area contributed by atoms with Crippen LogP contribution in [0.3, 0.4) is 0 Å². The Morgan fingerprint density at radius 2 is 1.83 bits per heavy atom. The van der Waals surface area contributed by atoms with Crippen LogP contribution in [-0.2, 0) is 9.53 Å². The lowest BCUT2D eigenvalue weighted by Gasteiger charge is -2.18. The minimum Gasteiger partial charge on any atom is -0.508 e. The summed E-state index contributed by atoms with van der Waals surface area (Å²) in [4.78, 5) is 35.3. The number of carbonyl (C=O) groups excluding carboxylic acids is 3. The summed E-state index contributed by atoms with van der Waals surface area (Å²) in [5.74, 6) is -0.873. The number of nitrogens with one attached hydrogen (secondary N) is 1. The number of benzene rings is 2. The molecule has 0 aliphatic carbocycles. The van der Waals surface area contributed by atoms with E-state index in [1.54, 1.807) is 6.07 Å². The van der Waals surface area contributed by atoms with Crippen LogP contribution < -0.4 is 10.1 Å². The predicted octanol–water partition coefficient (Wildman–Crippen LogP) is 1.76. The lowest BCUT2D eigenvalue weighted by Crippen LogP contribution is -2.25. The number of Topliss-reactive ketones (excluding diaryl/α,β-unsaturated/α-hetero) is 1. The van der Waals surface area contributed by atoms with Gasteiger partial charge < -0.3 is 19.9 Å². The summed E-state index contributed by atoms with van der Waals surface area (Å²) >= 11 is 0. The summed E-state index contributed by atoms with van der Waals surface area (Å²) in [7, 11) is 0. The third-order valence-corrected chi connectivity index (χ3v) is 3.37. The van der Waals surface area contributed by atoms with E-state index in [1.807, 2.05) is 0 Å². The van der Waals surface area contributed by atoms with E-state index in [0.29, 0.717) is 11.4 Å². The first-order valence-corrected chi connectivity index (χ1v) is 7.09. The number of ketones is 1. The molecule has 7 heteroatoms. The van der Waals surface area contributed by atoms with Crippen molar-refractivity contribution in [2.24, 2.45) is 0 Å². The molecule has 7 nitrogen and oxygen atoms in total. The Morgan fingerprint density at radius 1 is 1.12 bits per heavy atom. The van der Waals surface area contributed by atoms with Crippen LogP contribution in [0.4, 0.5) is 5.69 Å². The van der Waals surface area contributed by atoms with E-state index >= 15 is 0 Å². The van der Waals surface area contributed by atoms with Gasteiger partial charge >= 0.3 is 5.97 Å². The summed E-state index contributed by atoms with van der Waals surface area (Å²) in [5.41, 5.74) is 0.923. The highest BCUT2D eigenvalue weighted by Crippen LogP contribution is 2.28. The van der Waals surface area contributed by atoms with Gasteiger partial charge in [-0.25, -0.2) is 4.79 Å². The third kappa shape index (κ3) is 3.35. The number of carbonyl (C=O) groups is 3. The molecule has 2 N–H and O–H groups in total. The number of fused-ring (bicyclic) bond motifs is 1. The zero-order valence-electron chi connectivity index (χ0n) is 12.4. The zero-order chi connectivity index (χ0) is 17.1. The smallest absolute Gasteiger partial charge is 0.338 e. The highest BCUT2D eigenvalue weighted by molar-refractivity contribution is 6.02. The van der Waals surface area contributed by atoms with E-state index in [9.17, 15) is 19.5 Å². The minimum atomic E-state index is -0.669. The van der Waals surface area contributed by atoms with E-state index in [1.165, 1.54) is 36.4 Å². The van der Waals surface area contributed by atoms with Crippen LogP contribution in [-0.4, -0.2) is 36.0 Å². The second-order valence-electron chi connectivity index (χ2n) is 5.09. The zero-order valence-corrected chi connectivity index (χ0v) is 12.4.